The summed E-state index contributed by atoms with van der Waals surface area (Å²) in [5, 5.41) is 0. The highest BCUT2D eigenvalue weighted by Gasteiger charge is 2.15. The molecule has 158 valence electrons. The molecule has 30 heavy (non-hydrogen) atoms. The summed E-state index contributed by atoms with van der Waals surface area (Å²) in [5.41, 5.74) is 5.46. The van der Waals surface area contributed by atoms with E-state index in [2.05, 4.69) is 49.4 Å². The van der Waals surface area contributed by atoms with Crippen molar-refractivity contribution in [3.05, 3.63) is 72.3 Å². The van der Waals surface area contributed by atoms with E-state index in [0.29, 0.717) is 13.0 Å². The third-order valence-electron chi connectivity index (χ3n) is 5.07. The maximum atomic E-state index is 11.1. The van der Waals surface area contributed by atoms with E-state index in [-0.39, 0.29) is 6.16 Å². The maximum absolute atomic E-state index is 11.1. The van der Waals surface area contributed by atoms with Gasteiger partial charge in [-0.1, -0.05) is 67.9 Å². The molecule has 0 aliphatic rings. The first-order valence-corrected chi connectivity index (χ1v) is 12.1. The minimum Gasteiger partial charge on any atom is -0.360 e. The van der Waals surface area contributed by atoms with Gasteiger partial charge in [0.05, 0.1) is 11.9 Å². The zero-order valence-corrected chi connectivity index (χ0v) is 18.4. The Morgan fingerprint density at radius 1 is 0.933 bits per heavy atom. The van der Waals surface area contributed by atoms with Crippen LogP contribution in [0.4, 0.5) is 5.82 Å². The molecular formula is C24H29N2O3P. The molecule has 5 nitrogen and oxygen atoms in total. The second-order valence-corrected chi connectivity index (χ2v) is 9.32. The van der Waals surface area contributed by atoms with E-state index >= 15 is 0 Å². The molecule has 0 fully saturated rings. The maximum Gasteiger partial charge on any atom is 0.325 e. The van der Waals surface area contributed by atoms with Gasteiger partial charge in [0.1, 0.15) is 5.82 Å². The summed E-state index contributed by atoms with van der Waals surface area (Å²) in [5.74, 6) is 0.783. The van der Waals surface area contributed by atoms with Gasteiger partial charge in [-0.3, -0.25) is 4.57 Å². The lowest BCUT2D eigenvalue weighted by molar-refractivity contribution is 0.372. The summed E-state index contributed by atoms with van der Waals surface area (Å²) in [4.78, 5) is 25.0. The van der Waals surface area contributed by atoms with Crippen LogP contribution < -0.4 is 4.90 Å². The van der Waals surface area contributed by atoms with Crippen molar-refractivity contribution < 1.29 is 14.4 Å². The first-order chi connectivity index (χ1) is 14.4. The van der Waals surface area contributed by atoms with Gasteiger partial charge in [0.2, 0.25) is 0 Å². The minimum absolute atomic E-state index is 0.120. The Morgan fingerprint density at radius 3 is 2.27 bits per heavy atom. The smallest absolute Gasteiger partial charge is 0.325 e. The molecule has 0 amide bonds. The lowest BCUT2D eigenvalue weighted by Crippen LogP contribution is -2.20. The lowest BCUT2D eigenvalue weighted by Gasteiger charge is -2.20. The Bertz CT molecular complexity index is 1000. The number of hydrogen-bond donors (Lipinski definition) is 2. The largest absolute Gasteiger partial charge is 0.360 e. The summed E-state index contributed by atoms with van der Waals surface area (Å²) in [7, 11) is -2.08. The van der Waals surface area contributed by atoms with Gasteiger partial charge in [-0.15, -0.1) is 0 Å². The third-order valence-corrected chi connectivity index (χ3v) is 5.96. The van der Waals surface area contributed by atoms with Gasteiger partial charge in [-0.05, 0) is 36.1 Å². The van der Waals surface area contributed by atoms with Crippen molar-refractivity contribution in [2.75, 3.05) is 24.7 Å². The van der Waals surface area contributed by atoms with Crippen LogP contribution in [0.3, 0.4) is 0 Å². The van der Waals surface area contributed by atoms with Crippen molar-refractivity contribution in [1.82, 2.24) is 4.98 Å². The molecule has 1 aromatic heterocycles. The zero-order chi connectivity index (χ0) is 21.6. The molecule has 0 unspecified atom stereocenters. The van der Waals surface area contributed by atoms with Crippen molar-refractivity contribution in [1.29, 1.82) is 0 Å². The summed E-state index contributed by atoms with van der Waals surface area (Å²) in [6.07, 6.45) is 2.48. The molecule has 3 rings (SSSR count). The normalized spacial score (nSPS) is 11.5. The standard InChI is InChI=1S/C24H29N2O3P/c1-3-8-19-11-13-20(14-12-19)22-15-16-23(26(2)17-7-18-30(27,28)29)25-24(22)21-9-5-4-6-10-21/h4-6,9-16H,3,7-8,17-18H2,1-2H3,(H2,27,28,29). The SMILES string of the molecule is CCCc1ccc(-c2ccc(N(C)CCCP(=O)(O)O)nc2-c2ccccc2)cc1. The highest BCUT2D eigenvalue weighted by atomic mass is 31.2. The Morgan fingerprint density at radius 2 is 1.63 bits per heavy atom. The molecule has 2 aromatic carbocycles. The summed E-state index contributed by atoms with van der Waals surface area (Å²) < 4.78 is 11.1. The molecule has 1 heterocycles. The zero-order valence-electron chi connectivity index (χ0n) is 17.5. The number of hydrogen-bond acceptors (Lipinski definition) is 3. The van der Waals surface area contributed by atoms with Crippen molar-refractivity contribution in [3.63, 3.8) is 0 Å². The van der Waals surface area contributed by atoms with Crippen molar-refractivity contribution in [3.8, 4) is 22.4 Å². The minimum atomic E-state index is -3.98. The number of benzene rings is 2. The van der Waals surface area contributed by atoms with E-state index in [4.69, 9.17) is 14.8 Å². The van der Waals surface area contributed by atoms with Crippen LogP contribution >= 0.6 is 7.60 Å². The average Bonchev–Trinajstić information content (AvgIpc) is 2.74. The predicted octanol–water partition coefficient (Wildman–Crippen LogP) is 5.37. The molecule has 3 aromatic rings. The van der Waals surface area contributed by atoms with Crippen LogP contribution in [0.15, 0.2) is 66.7 Å². The van der Waals surface area contributed by atoms with Gasteiger partial charge >= 0.3 is 7.60 Å². The van der Waals surface area contributed by atoms with Crippen molar-refractivity contribution >= 4 is 13.4 Å². The van der Waals surface area contributed by atoms with Gasteiger partial charge < -0.3 is 14.7 Å². The quantitative estimate of drug-likeness (QED) is 0.452. The molecule has 0 spiro atoms. The predicted molar refractivity (Wildman–Crippen MR) is 124 cm³/mol. The van der Waals surface area contributed by atoms with Crippen LogP contribution in [0.1, 0.15) is 25.3 Å². The van der Waals surface area contributed by atoms with Crippen LogP contribution in [0.25, 0.3) is 22.4 Å². The van der Waals surface area contributed by atoms with E-state index in [1.54, 1.807) is 0 Å². The van der Waals surface area contributed by atoms with E-state index in [9.17, 15) is 4.57 Å². The van der Waals surface area contributed by atoms with Gasteiger partial charge in [0, 0.05) is 24.7 Å². The van der Waals surface area contributed by atoms with E-state index < -0.39 is 7.60 Å². The number of aryl methyl sites for hydroxylation is 1. The second-order valence-electron chi connectivity index (χ2n) is 7.54. The topological polar surface area (TPSA) is 73.7 Å². The fourth-order valence-electron chi connectivity index (χ4n) is 3.48. The van der Waals surface area contributed by atoms with Crippen LogP contribution in [0.2, 0.25) is 0 Å². The molecule has 0 saturated heterocycles. The monoisotopic (exact) mass is 424 g/mol. The molecule has 0 atom stereocenters. The number of aromatic nitrogens is 1. The lowest BCUT2D eigenvalue weighted by atomic mass is 9.97. The molecule has 0 saturated carbocycles. The van der Waals surface area contributed by atoms with Gasteiger partial charge in [0.25, 0.3) is 0 Å². The van der Waals surface area contributed by atoms with Crippen molar-refractivity contribution in [2.24, 2.45) is 0 Å². The Labute approximate surface area is 178 Å². The Hall–Kier alpha value is -2.46. The van der Waals surface area contributed by atoms with Gasteiger partial charge in [-0.25, -0.2) is 4.98 Å². The molecule has 6 heteroatoms. The molecule has 0 radical (unpaired) electrons. The molecular weight excluding hydrogens is 395 g/mol. The first-order valence-electron chi connectivity index (χ1n) is 10.3. The van der Waals surface area contributed by atoms with E-state index in [0.717, 1.165) is 41.0 Å². The summed E-state index contributed by atoms with van der Waals surface area (Å²) in [6.45, 7) is 2.71. The number of anilines is 1. The van der Waals surface area contributed by atoms with E-state index in [1.807, 2.05) is 36.2 Å². The summed E-state index contributed by atoms with van der Waals surface area (Å²) in [6, 6.07) is 22.8. The fourth-order valence-corrected chi connectivity index (χ4v) is 4.03. The Balaban J connectivity index is 1.92. The summed E-state index contributed by atoms with van der Waals surface area (Å²) >= 11 is 0. The van der Waals surface area contributed by atoms with Crippen LogP contribution in [0, 0.1) is 0 Å². The first kappa shape index (κ1) is 22.2. The van der Waals surface area contributed by atoms with Crippen LogP contribution in [0.5, 0.6) is 0 Å². The van der Waals surface area contributed by atoms with Gasteiger partial charge in [-0.2, -0.15) is 0 Å². The number of nitrogens with zero attached hydrogens (tertiary/aromatic N) is 2. The number of pyridine rings is 1. The number of rotatable bonds is 9. The second kappa shape index (κ2) is 10.0. The average molecular weight is 424 g/mol. The van der Waals surface area contributed by atoms with Gasteiger partial charge in [0.15, 0.2) is 0 Å². The van der Waals surface area contributed by atoms with Crippen LogP contribution in [-0.2, 0) is 11.0 Å². The van der Waals surface area contributed by atoms with Crippen molar-refractivity contribution in [2.45, 2.75) is 26.2 Å². The highest BCUT2D eigenvalue weighted by molar-refractivity contribution is 7.51. The highest BCUT2D eigenvalue weighted by Crippen LogP contribution is 2.35. The molecule has 0 aliphatic heterocycles. The van der Waals surface area contributed by atoms with E-state index in [1.165, 1.54) is 5.56 Å². The molecule has 0 aliphatic carbocycles. The van der Waals surface area contributed by atoms with Crippen LogP contribution in [-0.4, -0.2) is 34.5 Å². The fraction of sp³-hybridized carbons (Fsp3) is 0.292. The third kappa shape index (κ3) is 6.02. The molecule has 2 N–H and O–H groups in total. The Kier molecular flexibility index (Phi) is 7.43. The molecule has 0 bridgehead atoms.